The molecule has 0 amide bonds. The molecule has 19 heavy (non-hydrogen) atoms. The average Bonchev–Trinajstić information content (AvgIpc) is 2.37. The summed E-state index contributed by atoms with van der Waals surface area (Å²) in [5.41, 5.74) is 0. The lowest BCUT2D eigenvalue weighted by Crippen LogP contribution is -2.34. The Kier molecular flexibility index (Phi) is 5.98. The van der Waals surface area contributed by atoms with Gasteiger partial charge in [-0.3, -0.25) is 9.69 Å². The molecule has 1 aromatic rings. The zero-order valence-electron chi connectivity index (χ0n) is 10.9. The van der Waals surface area contributed by atoms with E-state index < -0.39 is 15.8 Å². The van der Waals surface area contributed by atoms with Crippen molar-refractivity contribution in [2.75, 3.05) is 25.4 Å². The van der Waals surface area contributed by atoms with Gasteiger partial charge in [0, 0.05) is 6.54 Å². The van der Waals surface area contributed by atoms with Gasteiger partial charge >= 0.3 is 5.97 Å². The van der Waals surface area contributed by atoms with Gasteiger partial charge in [0.1, 0.15) is 0 Å². The largest absolute Gasteiger partial charge is 0.480 e. The third kappa shape index (κ3) is 5.40. The quantitative estimate of drug-likeness (QED) is 0.778. The van der Waals surface area contributed by atoms with Crippen molar-refractivity contribution in [2.45, 2.75) is 18.2 Å². The minimum absolute atomic E-state index is 0.0652. The Morgan fingerprint density at radius 3 is 2.37 bits per heavy atom. The monoisotopic (exact) mass is 285 g/mol. The number of hydrogen-bond donors (Lipinski definition) is 1. The van der Waals surface area contributed by atoms with Crippen molar-refractivity contribution in [3.05, 3.63) is 30.3 Å². The van der Waals surface area contributed by atoms with Crippen LogP contribution in [0.4, 0.5) is 0 Å². The van der Waals surface area contributed by atoms with E-state index >= 15 is 0 Å². The van der Waals surface area contributed by atoms with E-state index in [1.165, 1.54) is 0 Å². The van der Waals surface area contributed by atoms with Gasteiger partial charge in [-0.1, -0.05) is 25.1 Å². The first-order valence-corrected chi connectivity index (χ1v) is 7.83. The van der Waals surface area contributed by atoms with Gasteiger partial charge in [-0.25, -0.2) is 8.42 Å². The first-order valence-electron chi connectivity index (χ1n) is 6.17. The fourth-order valence-electron chi connectivity index (χ4n) is 1.77. The van der Waals surface area contributed by atoms with Gasteiger partial charge in [0.25, 0.3) is 0 Å². The van der Waals surface area contributed by atoms with Gasteiger partial charge in [0.2, 0.25) is 0 Å². The maximum absolute atomic E-state index is 12.1. The summed E-state index contributed by atoms with van der Waals surface area (Å²) in [5.74, 6) is -1.00. The van der Waals surface area contributed by atoms with Crippen LogP contribution < -0.4 is 0 Å². The Labute approximate surface area is 113 Å². The number of aliphatic carboxylic acids is 1. The fraction of sp³-hybridized carbons (Fsp3) is 0.462. The third-order valence-corrected chi connectivity index (χ3v) is 4.39. The van der Waals surface area contributed by atoms with Crippen LogP contribution in [-0.2, 0) is 14.6 Å². The Bertz CT molecular complexity index is 499. The Balaban J connectivity index is 2.65. The third-order valence-electron chi connectivity index (χ3n) is 2.68. The number of carboxylic acid groups (broad SMARTS) is 1. The topological polar surface area (TPSA) is 74.7 Å². The van der Waals surface area contributed by atoms with Crippen molar-refractivity contribution >= 4 is 15.8 Å². The summed E-state index contributed by atoms with van der Waals surface area (Å²) < 4.78 is 24.1. The molecule has 0 saturated heterocycles. The first-order chi connectivity index (χ1) is 8.95. The summed E-state index contributed by atoms with van der Waals surface area (Å²) in [6, 6.07) is 8.21. The molecule has 0 radical (unpaired) electrons. The molecule has 0 aromatic heterocycles. The van der Waals surface area contributed by atoms with Crippen LogP contribution in [0.25, 0.3) is 0 Å². The number of rotatable bonds is 8. The molecule has 0 atom stereocenters. The van der Waals surface area contributed by atoms with Crippen molar-refractivity contribution in [1.82, 2.24) is 4.90 Å². The SMILES string of the molecule is CCCN(CCS(=O)(=O)c1ccccc1)CC(=O)O. The number of nitrogens with zero attached hydrogens (tertiary/aromatic N) is 1. The summed E-state index contributed by atoms with van der Waals surface area (Å²) >= 11 is 0. The molecule has 0 bridgehead atoms. The maximum atomic E-state index is 12.1. The zero-order valence-corrected chi connectivity index (χ0v) is 11.8. The van der Waals surface area contributed by atoms with Crippen LogP contribution in [0.5, 0.6) is 0 Å². The molecule has 1 N–H and O–H groups in total. The van der Waals surface area contributed by atoms with Crippen LogP contribution in [0, 0.1) is 0 Å². The maximum Gasteiger partial charge on any atom is 0.317 e. The average molecular weight is 285 g/mol. The van der Waals surface area contributed by atoms with Crippen molar-refractivity contribution in [1.29, 1.82) is 0 Å². The van der Waals surface area contributed by atoms with E-state index in [2.05, 4.69) is 0 Å². The summed E-state index contributed by atoms with van der Waals surface area (Å²) in [6.45, 7) is 2.62. The highest BCUT2D eigenvalue weighted by atomic mass is 32.2. The Morgan fingerprint density at radius 1 is 1.21 bits per heavy atom. The van der Waals surface area contributed by atoms with Crippen molar-refractivity contribution < 1.29 is 18.3 Å². The fourth-order valence-corrected chi connectivity index (χ4v) is 3.08. The van der Waals surface area contributed by atoms with E-state index in [1.807, 2.05) is 6.92 Å². The van der Waals surface area contributed by atoms with Gasteiger partial charge in [-0.2, -0.15) is 0 Å². The molecule has 6 heteroatoms. The van der Waals surface area contributed by atoms with E-state index in [0.29, 0.717) is 6.54 Å². The Morgan fingerprint density at radius 2 is 1.84 bits per heavy atom. The standard InChI is InChI=1S/C13H19NO4S/c1-2-8-14(11-13(15)16)9-10-19(17,18)12-6-4-3-5-7-12/h3-7H,2,8-11H2,1H3,(H,15,16). The predicted octanol–water partition coefficient (Wildman–Crippen LogP) is 1.26. The molecule has 0 aliphatic carbocycles. The lowest BCUT2D eigenvalue weighted by atomic mass is 10.4. The number of carboxylic acids is 1. The van der Waals surface area contributed by atoms with E-state index in [1.54, 1.807) is 35.2 Å². The molecule has 1 rings (SSSR count). The second kappa shape index (κ2) is 7.25. The van der Waals surface area contributed by atoms with Crippen LogP contribution >= 0.6 is 0 Å². The first kappa shape index (κ1) is 15.7. The molecular weight excluding hydrogens is 266 g/mol. The number of carbonyl (C=O) groups is 1. The van der Waals surface area contributed by atoms with E-state index in [0.717, 1.165) is 6.42 Å². The Hall–Kier alpha value is -1.40. The normalized spacial score (nSPS) is 11.7. The molecule has 0 aliphatic heterocycles. The van der Waals surface area contributed by atoms with Crippen LogP contribution in [0.15, 0.2) is 35.2 Å². The smallest absolute Gasteiger partial charge is 0.317 e. The molecule has 0 spiro atoms. The van der Waals surface area contributed by atoms with E-state index in [-0.39, 0.29) is 23.7 Å². The molecular formula is C13H19NO4S. The van der Waals surface area contributed by atoms with Gasteiger partial charge in [-0.05, 0) is 25.1 Å². The second-order valence-corrected chi connectivity index (χ2v) is 6.41. The lowest BCUT2D eigenvalue weighted by Gasteiger charge is -2.19. The van der Waals surface area contributed by atoms with Gasteiger partial charge in [-0.15, -0.1) is 0 Å². The number of benzene rings is 1. The minimum atomic E-state index is -3.34. The van der Waals surface area contributed by atoms with Crippen LogP contribution in [0.3, 0.4) is 0 Å². The summed E-state index contributed by atoms with van der Waals surface area (Å²) in [4.78, 5) is 12.6. The van der Waals surface area contributed by atoms with Crippen LogP contribution in [0.1, 0.15) is 13.3 Å². The highest BCUT2D eigenvalue weighted by molar-refractivity contribution is 7.91. The van der Waals surface area contributed by atoms with Gasteiger partial charge in [0.05, 0.1) is 17.2 Å². The van der Waals surface area contributed by atoms with Crippen molar-refractivity contribution in [2.24, 2.45) is 0 Å². The molecule has 0 heterocycles. The number of hydrogen-bond acceptors (Lipinski definition) is 4. The predicted molar refractivity (Wildman–Crippen MR) is 72.9 cm³/mol. The highest BCUT2D eigenvalue weighted by Gasteiger charge is 2.17. The molecule has 1 aromatic carbocycles. The molecule has 5 nitrogen and oxygen atoms in total. The molecule has 0 aliphatic rings. The van der Waals surface area contributed by atoms with E-state index in [9.17, 15) is 13.2 Å². The van der Waals surface area contributed by atoms with Crippen molar-refractivity contribution in [3.8, 4) is 0 Å². The second-order valence-electron chi connectivity index (χ2n) is 4.30. The van der Waals surface area contributed by atoms with Crippen molar-refractivity contribution in [3.63, 3.8) is 0 Å². The summed E-state index contributed by atoms with van der Waals surface area (Å²) in [5, 5.41) is 8.77. The van der Waals surface area contributed by atoms with Crippen LogP contribution in [0.2, 0.25) is 0 Å². The molecule has 0 unspecified atom stereocenters. The highest BCUT2D eigenvalue weighted by Crippen LogP contribution is 2.10. The number of sulfone groups is 1. The zero-order chi connectivity index (χ0) is 14.3. The minimum Gasteiger partial charge on any atom is -0.480 e. The van der Waals surface area contributed by atoms with E-state index in [4.69, 9.17) is 5.11 Å². The molecule has 106 valence electrons. The summed E-state index contributed by atoms with van der Waals surface area (Å²) in [7, 11) is -3.34. The van der Waals surface area contributed by atoms with Crippen LogP contribution in [-0.4, -0.2) is 49.8 Å². The summed E-state index contributed by atoms with van der Waals surface area (Å²) in [6.07, 6.45) is 0.790. The van der Waals surface area contributed by atoms with Gasteiger partial charge < -0.3 is 5.11 Å². The lowest BCUT2D eigenvalue weighted by molar-refractivity contribution is -0.138. The molecule has 0 saturated carbocycles. The van der Waals surface area contributed by atoms with Gasteiger partial charge in [0.15, 0.2) is 9.84 Å². The molecule has 0 fully saturated rings.